The summed E-state index contributed by atoms with van der Waals surface area (Å²) in [6.45, 7) is 11.6. The lowest BCUT2D eigenvalue weighted by Gasteiger charge is -2.27. The van der Waals surface area contributed by atoms with Gasteiger partial charge in [0.2, 0.25) is 0 Å². The summed E-state index contributed by atoms with van der Waals surface area (Å²) < 4.78 is 32.3. The Labute approximate surface area is 256 Å². The quantitative estimate of drug-likeness (QED) is 0.101. The lowest BCUT2D eigenvalue weighted by atomic mass is 9.88. The van der Waals surface area contributed by atoms with E-state index in [9.17, 15) is 19.2 Å². The first-order valence-corrected chi connectivity index (χ1v) is 14.1. The number of esters is 4. The summed E-state index contributed by atoms with van der Waals surface area (Å²) in [4.78, 5) is 47.6. The van der Waals surface area contributed by atoms with Crippen molar-refractivity contribution in [2.45, 2.75) is 26.7 Å². The third-order valence-electron chi connectivity index (χ3n) is 6.60. The van der Waals surface area contributed by atoms with Gasteiger partial charge in [-0.3, -0.25) is 0 Å². The SMILES string of the molecule is C=CC(=O)OCCCOc1ccc(C(=O)OC2=CC=C(OC(=O)c3ccc(OCCCOC(=O)C=C)cc3)C(C)C2C)cc1. The number of carbonyl (C=O) groups is 4. The van der Waals surface area contributed by atoms with Crippen LogP contribution in [-0.2, 0) is 28.5 Å². The van der Waals surface area contributed by atoms with E-state index in [4.69, 9.17) is 28.4 Å². The van der Waals surface area contributed by atoms with E-state index >= 15 is 0 Å². The van der Waals surface area contributed by atoms with Crippen molar-refractivity contribution in [1.29, 1.82) is 0 Å². The van der Waals surface area contributed by atoms with E-state index in [0.717, 1.165) is 12.2 Å². The van der Waals surface area contributed by atoms with Gasteiger partial charge in [-0.05, 0) is 60.7 Å². The fraction of sp³-hybridized carbons (Fsp3) is 0.294. The number of hydrogen-bond donors (Lipinski definition) is 0. The van der Waals surface area contributed by atoms with Gasteiger partial charge < -0.3 is 28.4 Å². The molecule has 0 saturated carbocycles. The van der Waals surface area contributed by atoms with Crippen LogP contribution >= 0.6 is 0 Å². The molecule has 2 unspecified atom stereocenters. The fourth-order valence-corrected chi connectivity index (χ4v) is 3.88. The van der Waals surface area contributed by atoms with Gasteiger partial charge in [0, 0.05) is 36.8 Å². The summed E-state index contributed by atoms with van der Waals surface area (Å²) in [5, 5.41) is 0. The highest BCUT2D eigenvalue weighted by Crippen LogP contribution is 2.33. The van der Waals surface area contributed by atoms with Crippen LogP contribution in [0.4, 0.5) is 0 Å². The largest absolute Gasteiger partial charge is 0.493 e. The molecule has 0 fully saturated rings. The van der Waals surface area contributed by atoms with Gasteiger partial charge in [-0.2, -0.15) is 0 Å². The van der Waals surface area contributed by atoms with Gasteiger partial charge in [-0.1, -0.05) is 27.0 Å². The first kappa shape index (κ1) is 33.4. The van der Waals surface area contributed by atoms with E-state index in [0.29, 0.717) is 60.2 Å². The minimum atomic E-state index is -0.521. The molecule has 0 spiro atoms. The molecule has 2 aromatic carbocycles. The third-order valence-corrected chi connectivity index (χ3v) is 6.60. The molecule has 2 atom stereocenters. The second kappa shape index (κ2) is 17.1. The Morgan fingerprint density at radius 1 is 0.614 bits per heavy atom. The van der Waals surface area contributed by atoms with E-state index in [1.807, 2.05) is 13.8 Å². The molecule has 10 nitrogen and oxygen atoms in total. The van der Waals surface area contributed by atoms with Crippen molar-refractivity contribution in [1.82, 2.24) is 0 Å². The first-order chi connectivity index (χ1) is 21.2. The number of hydrogen-bond acceptors (Lipinski definition) is 10. The Morgan fingerprint density at radius 3 is 1.32 bits per heavy atom. The molecule has 1 aliphatic carbocycles. The summed E-state index contributed by atoms with van der Waals surface area (Å²) in [6.07, 6.45) is 6.49. The summed E-state index contributed by atoms with van der Waals surface area (Å²) in [7, 11) is 0. The molecule has 10 heteroatoms. The molecule has 0 heterocycles. The molecule has 3 rings (SSSR count). The summed E-state index contributed by atoms with van der Waals surface area (Å²) in [6, 6.07) is 13.1. The zero-order chi connectivity index (χ0) is 31.9. The van der Waals surface area contributed by atoms with Crippen LogP contribution in [0.1, 0.15) is 47.4 Å². The smallest absolute Gasteiger partial charge is 0.343 e. The summed E-state index contributed by atoms with van der Waals surface area (Å²) >= 11 is 0. The molecule has 2 aromatic rings. The molecule has 0 amide bonds. The zero-order valence-corrected chi connectivity index (χ0v) is 24.8. The Kier molecular flexibility index (Phi) is 13.0. The van der Waals surface area contributed by atoms with Gasteiger partial charge in [0.05, 0.1) is 37.6 Å². The summed E-state index contributed by atoms with van der Waals surface area (Å²) in [5.74, 6) is -0.422. The monoisotopic (exact) mass is 604 g/mol. The van der Waals surface area contributed by atoms with Gasteiger partial charge in [0.1, 0.15) is 23.0 Å². The van der Waals surface area contributed by atoms with Crippen LogP contribution in [0.15, 0.2) is 97.5 Å². The van der Waals surface area contributed by atoms with Crippen molar-refractivity contribution in [3.8, 4) is 11.5 Å². The molecule has 0 N–H and O–H groups in total. The van der Waals surface area contributed by atoms with E-state index < -0.39 is 23.9 Å². The molecular formula is C34H36O10. The van der Waals surface area contributed by atoms with Gasteiger partial charge >= 0.3 is 23.9 Å². The molecule has 44 heavy (non-hydrogen) atoms. The standard InChI is InChI=1S/C34H36O10/c1-5-31(35)41-21-7-19-39-27-13-9-25(10-14-27)33(37)43-29-17-18-30(24(4)23(29)3)44-34(38)26-11-15-28(16-12-26)40-20-8-22-42-32(36)6-2/h5-6,9-18,23-24H,1-2,7-8,19-22H2,3-4H3. The van der Waals surface area contributed by atoms with Crippen molar-refractivity contribution in [3.63, 3.8) is 0 Å². The molecule has 0 radical (unpaired) electrons. The van der Waals surface area contributed by atoms with Gasteiger partial charge in [0.25, 0.3) is 0 Å². The lowest BCUT2D eigenvalue weighted by Crippen LogP contribution is -2.23. The Balaban J connectivity index is 1.48. The van der Waals surface area contributed by atoms with Crippen LogP contribution in [0.25, 0.3) is 0 Å². The lowest BCUT2D eigenvalue weighted by molar-refractivity contribution is -0.138. The normalized spacial score (nSPS) is 15.5. The predicted octanol–water partition coefficient (Wildman–Crippen LogP) is 5.75. The van der Waals surface area contributed by atoms with Crippen LogP contribution in [0.2, 0.25) is 0 Å². The number of carbonyl (C=O) groups excluding carboxylic acids is 4. The highest BCUT2D eigenvalue weighted by molar-refractivity contribution is 5.91. The number of benzene rings is 2. The first-order valence-electron chi connectivity index (χ1n) is 14.1. The van der Waals surface area contributed by atoms with E-state index in [1.54, 1.807) is 60.7 Å². The van der Waals surface area contributed by atoms with Crippen LogP contribution < -0.4 is 9.47 Å². The minimum absolute atomic E-state index is 0.221. The maximum atomic E-state index is 12.8. The number of rotatable bonds is 16. The van der Waals surface area contributed by atoms with Crippen molar-refractivity contribution < 1.29 is 47.6 Å². The molecule has 1 aliphatic rings. The van der Waals surface area contributed by atoms with Crippen molar-refractivity contribution >= 4 is 23.9 Å². The van der Waals surface area contributed by atoms with Gasteiger partial charge in [0.15, 0.2) is 0 Å². The second-order valence-corrected chi connectivity index (χ2v) is 9.69. The molecule has 0 bridgehead atoms. The maximum absolute atomic E-state index is 12.8. The topological polar surface area (TPSA) is 124 Å². The third kappa shape index (κ3) is 10.3. The zero-order valence-electron chi connectivity index (χ0n) is 24.8. The van der Waals surface area contributed by atoms with E-state index in [2.05, 4.69) is 13.2 Å². The molecule has 0 saturated heterocycles. The van der Waals surface area contributed by atoms with Gasteiger partial charge in [-0.25, -0.2) is 19.2 Å². The highest BCUT2D eigenvalue weighted by atomic mass is 16.6. The Morgan fingerprint density at radius 2 is 0.977 bits per heavy atom. The average Bonchev–Trinajstić information content (AvgIpc) is 3.04. The maximum Gasteiger partial charge on any atom is 0.343 e. The Hall–Kier alpha value is -5.12. The number of ether oxygens (including phenoxy) is 6. The predicted molar refractivity (Wildman–Crippen MR) is 161 cm³/mol. The molecule has 232 valence electrons. The number of allylic oxidation sites excluding steroid dienone is 4. The van der Waals surface area contributed by atoms with Crippen LogP contribution in [0, 0.1) is 11.8 Å². The molecule has 0 aliphatic heterocycles. The van der Waals surface area contributed by atoms with Crippen LogP contribution in [-0.4, -0.2) is 50.3 Å². The van der Waals surface area contributed by atoms with Crippen molar-refractivity contribution in [3.05, 3.63) is 109 Å². The van der Waals surface area contributed by atoms with E-state index in [1.165, 1.54) is 0 Å². The second-order valence-electron chi connectivity index (χ2n) is 9.69. The van der Waals surface area contributed by atoms with E-state index in [-0.39, 0.29) is 25.0 Å². The van der Waals surface area contributed by atoms with Crippen LogP contribution in [0.3, 0.4) is 0 Å². The summed E-state index contributed by atoms with van der Waals surface area (Å²) in [5.41, 5.74) is 0.700. The highest BCUT2D eigenvalue weighted by Gasteiger charge is 2.29. The van der Waals surface area contributed by atoms with Crippen molar-refractivity contribution in [2.24, 2.45) is 11.8 Å². The van der Waals surface area contributed by atoms with Crippen molar-refractivity contribution in [2.75, 3.05) is 26.4 Å². The molecular weight excluding hydrogens is 568 g/mol. The minimum Gasteiger partial charge on any atom is -0.493 e. The molecule has 0 aromatic heterocycles. The van der Waals surface area contributed by atoms with Crippen LogP contribution in [0.5, 0.6) is 11.5 Å². The van der Waals surface area contributed by atoms with Gasteiger partial charge in [-0.15, -0.1) is 0 Å². The fourth-order valence-electron chi connectivity index (χ4n) is 3.88. The average molecular weight is 605 g/mol. The Bertz CT molecular complexity index is 1280.